The minimum Gasteiger partial charge on any atom is -0.348 e. The molecule has 2 aromatic rings. The number of nitrogens with one attached hydrogen (secondary N) is 1. The molecule has 0 radical (unpaired) electrons. The number of anilines is 1. The minimum atomic E-state index is -0.583. The molecule has 1 saturated heterocycles. The summed E-state index contributed by atoms with van der Waals surface area (Å²) in [5, 5.41) is 3.13. The molecule has 0 atom stereocenters. The van der Waals surface area contributed by atoms with Crippen LogP contribution in [-0.4, -0.2) is 42.0 Å². The van der Waals surface area contributed by atoms with Crippen molar-refractivity contribution in [1.82, 2.24) is 10.2 Å². The Morgan fingerprint density at radius 2 is 1.85 bits per heavy atom. The van der Waals surface area contributed by atoms with Gasteiger partial charge in [0.1, 0.15) is 11.5 Å². The summed E-state index contributed by atoms with van der Waals surface area (Å²) in [5.41, 5.74) is 1.21. The Morgan fingerprint density at radius 1 is 1.15 bits per heavy atom. The zero-order valence-corrected chi connectivity index (χ0v) is 15.2. The highest BCUT2D eigenvalue weighted by Gasteiger charge is 2.45. The number of likely N-dealkylation sites (tertiary alicyclic amines) is 1. The monoisotopic (exact) mass is 367 g/mol. The van der Waals surface area contributed by atoms with E-state index in [-0.39, 0.29) is 17.6 Å². The molecule has 1 spiro atoms. The van der Waals surface area contributed by atoms with Crippen LogP contribution in [0.1, 0.15) is 40.5 Å². The van der Waals surface area contributed by atoms with Gasteiger partial charge in [-0.1, -0.05) is 18.2 Å². The summed E-state index contributed by atoms with van der Waals surface area (Å²) in [4.78, 5) is 29.2. The van der Waals surface area contributed by atoms with E-state index in [2.05, 4.69) is 10.2 Å². The number of benzene rings is 2. The normalized spacial score (nSPS) is 18.2. The maximum Gasteiger partial charge on any atom is 0.255 e. The molecule has 1 N–H and O–H groups in total. The van der Waals surface area contributed by atoms with Gasteiger partial charge in [0.25, 0.3) is 11.8 Å². The fourth-order valence-electron chi connectivity index (χ4n) is 4.21. The first-order valence-electron chi connectivity index (χ1n) is 9.28. The summed E-state index contributed by atoms with van der Waals surface area (Å²) in [5.74, 6) is -0.534. The standard InChI is InChI=1S/C21H22FN3O2/c1-2-25-18-14-16(22)8-9-17(18)19(26)23-21(25)10-12-24(13-11-21)20(27)15-6-4-3-5-7-15/h3-9,14H,2,10-13H2,1H3,(H,23,26). The first kappa shape index (κ1) is 17.5. The molecule has 2 aliphatic rings. The predicted octanol–water partition coefficient (Wildman–Crippen LogP) is 3.03. The Labute approximate surface area is 157 Å². The van der Waals surface area contributed by atoms with Gasteiger partial charge in [-0.05, 0) is 37.3 Å². The van der Waals surface area contributed by atoms with Gasteiger partial charge in [-0.3, -0.25) is 9.59 Å². The molecule has 5 nitrogen and oxygen atoms in total. The van der Waals surface area contributed by atoms with E-state index in [4.69, 9.17) is 0 Å². The largest absolute Gasteiger partial charge is 0.348 e. The zero-order chi connectivity index (χ0) is 19.0. The molecule has 4 rings (SSSR count). The number of carbonyl (C=O) groups is 2. The van der Waals surface area contributed by atoms with Gasteiger partial charge >= 0.3 is 0 Å². The summed E-state index contributed by atoms with van der Waals surface area (Å²) in [7, 11) is 0. The number of fused-ring (bicyclic) bond motifs is 1. The second kappa shape index (κ2) is 6.68. The van der Waals surface area contributed by atoms with Crippen LogP contribution < -0.4 is 10.2 Å². The molecule has 0 bridgehead atoms. The van der Waals surface area contributed by atoms with Crippen molar-refractivity contribution >= 4 is 17.5 Å². The van der Waals surface area contributed by atoms with Gasteiger partial charge < -0.3 is 15.1 Å². The third-order valence-corrected chi connectivity index (χ3v) is 5.57. The summed E-state index contributed by atoms with van der Waals surface area (Å²) >= 11 is 0. The summed E-state index contributed by atoms with van der Waals surface area (Å²) in [6.07, 6.45) is 1.20. The smallest absolute Gasteiger partial charge is 0.255 e. The lowest BCUT2D eigenvalue weighted by atomic mass is 9.89. The quantitative estimate of drug-likeness (QED) is 0.888. The molecular formula is C21H22FN3O2. The van der Waals surface area contributed by atoms with Crippen LogP contribution in [0.15, 0.2) is 48.5 Å². The minimum absolute atomic E-state index is 0.00193. The number of carbonyl (C=O) groups excluding carboxylic acids is 2. The predicted molar refractivity (Wildman–Crippen MR) is 101 cm³/mol. The van der Waals surface area contributed by atoms with Crippen LogP contribution in [0.25, 0.3) is 0 Å². The third kappa shape index (κ3) is 2.95. The van der Waals surface area contributed by atoms with Crippen LogP contribution in [-0.2, 0) is 0 Å². The number of piperidine rings is 1. The number of rotatable bonds is 2. The highest BCUT2D eigenvalue weighted by atomic mass is 19.1. The number of nitrogens with zero attached hydrogens (tertiary/aromatic N) is 2. The lowest BCUT2D eigenvalue weighted by Crippen LogP contribution is -2.68. The number of halogens is 1. The van der Waals surface area contributed by atoms with Crippen LogP contribution >= 0.6 is 0 Å². The van der Waals surface area contributed by atoms with Crippen molar-refractivity contribution in [2.45, 2.75) is 25.4 Å². The van der Waals surface area contributed by atoms with E-state index in [1.54, 1.807) is 0 Å². The molecule has 0 aromatic heterocycles. The van der Waals surface area contributed by atoms with Crippen LogP contribution in [0, 0.1) is 5.82 Å². The van der Waals surface area contributed by atoms with Gasteiger partial charge in [-0.25, -0.2) is 4.39 Å². The van der Waals surface area contributed by atoms with Crippen LogP contribution in [0.2, 0.25) is 0 Å². The Bertz CT molecular complexity index is 876. The lowest BCUT2D eigenvalue weighted by molar-refractivity contribution is 0.0603. The second-order valence-electron chi connectivity index (χ2n) is 7.05. The molecular weight excluding hydrogens is 345 g/mol. The van der Waals surface area contributed by atoms with Gasteiger partial charge in [0.2, 0.25) is 0 Å². The van der Waals surface area contributed by atoms with Crippen LogP contribution in [0.5, 0.6) is 0 Å². The van der Waals surface area contributed by atoms with Crippen molar-refractivity contribution in [2.24, 2.45) is 0 Å². The van der Waals surface area contributed by atoms with Gasteiger partial charge in [0.05, 0.1) is 11.3 Å². The van der Waals surface area contributed by atoms with Gasteiger partial charge in [-0.15, -0.1) is 0 Å². The average Bonchev–Trinajstić information content (AvgIpc) is 2.69. The van der Waals surface area contributed by atoms with E-state index < -0.39 is 5.66 Å². The highest BCUT2D eigenvalue weighted by Crippen LogP contribution is 2.37. The number of hydrogen-bond donors (Lipinski definition) is 1. The Balaban J connectivity index is 1.58. The van der Waals surface area contributed by atoms with Gasteiger partial charge in [0, 0.05) is 38.0 Å². The molecule has 140 valence electrons. The van der Waals surface area contributed by atoms with E-state index >= 15 is 0 Å². The molecule has 0 unspecified atom stereocenters. The van der Waals surface area contributed by atoms with Crippen molar-refractivity contribution < 1.29 is 14.0 Å². The summed E-state index contributed by atoms with van der Waals surface area (Å²) < 4.78 is 13.8. The third-order valence-electron chi connectivity index (χ3n) is 5.57. The number of hydrogen-bond acceptors (Lipinski definition) is 3. The average molecular weight is 367 g/mol. The SMILES string of the molecule is CCN1c2cc(F)ccc2C(=O)NC12CCN(C(=O)c1ccccc1)CC2. The zero-order valence-electron chi connectivity index (χ0n) is 15.2. The number of amides is 2. The van der Waals surface area contributed by atoms with Gasteiger partial charge in [-0.2, -0.15) is 0 Å². The molecule has 0 aliphatic carbocycles. The van der Waals surface area contributed by atoms with E-state index in [1.165, 1.54) is 18.2 Å². The summed E-state index contributed by atoms with van der Waals surface area (Å²) in [6.45, 7) is 3.71. The molecule has 0 saturated carbocycles. The molecule has 1 fully saturated rings. The topological polar surface area (TPSA) is 52.7 Å². The van der Waals surface area contributed by atoms with E-state index in [9.17, 15) is 14.0 Å². The van der Waals surface area contributed by atoms with Gasteiger partial charge in [0.15, 0.2) is 0 Å². The van der Waals surface area contributed by atoms with Crippen molar-refractivity contribution in [3.63, 3.8) is 0 Å². The molecule has 27 heavy (non-hydrogen) atoms. The second-order valence-corrected chi connectivity index (χ2v) is 7.05. The van der Waals surface area contributed by atoms with Crippen molar-refractivity contribution in [1.29, 1.82) is 0 Å². The van der Waals surface area contributed by atoms with E-state index in [1.807, 2.05) is 42.2 Å². The molecule has 2 amide bonds. The Hall–Kier alpha value is -2.89. The first-order chi connectivity index (χ1) is 13.0. The maximum absolute atomic E-state index is 13.8. The van der Waals surface area contributed by atoms with Crippen molar-refractivity contribution in [3.05, 3.63) is 65.5 Å². The van der Waals surface area contributed by atoms with Crippen LogP contribution in [0.3, 0.4) is 0 Å². The first-order valence-corrected chi connectivity index (χ1v) is 9.28. The Morgan fingerprint density at radius 3 is 2.52 bits per heavy atom. The molecule has 2 aromatic carbocycles. The fourth-order valence-corrected chi connectivity index (χ4v) is 4.21. The van der Waals surface area contributed by atoms with Crippen LogP contribution in [0.4, 0.5) is 10.1 Å². The lowest BCUT2D eigenvalue weighted by Gasteiger charge is -2.52. The molecule has 6 heteroatoms. The fraction of sp³-hybridized carbons (Fsp3) is 0.333. The maximum atomic E-state index is 13.8. The van der Waals surface area contributed by atoms with Crippen molar-refractivity contribution in [2.75, 3.05) is 24.5 Å². The highest BCUT2D eigenvalue weighted by molar-refractivity contribution is 6.02. The van der Waals surface area contributed by atoms with Crippen molar-refractivity contribution in [3.8, 4) is 0 Å². The molecule has 2 heterocycles. The van der Waals surface area contributed by atoms with E-state index in [0.717, 1.165) is 0 Å². The summed E-state index contributed by atoms with van der Waals surface area (Å²) in [6, 6.07) is 13.5. The Kier molecular flexibility index (Phi) is 4.34. The molecule has 2 aliphatic heterocycles. The van der Waals surface area contributed by atoms with E-state index in [0.29, 0.717) is 49.3 Å².